The summed E-state index contributed by atoms with van der Waals surface area (Å²) in [5.41, 5.74) is 8.12. The number of nitrogens with two attached hydrogens (primary N) is 1. The lowest BCUT2D eigenvalue weighted by molar-refractivity contribution is 0.585. The summed E-state index contributed by atoms with van der Waals surface area (Å²) in [6.07, 6.45) is 0. The molecular formula is C11H14N4O. The van der Waals surface area contributed by atoms with E-state index in [1.54, 1.807) is 0 Å². The summed E-state index contributed by atoms with van der Waals surface area (Å²) >= 11 is 0. The van der Waals surface area contributed by atoms with Gasteiger partial charge in [-0.25, -0.2) is 4.98 Å². The fourth-order valence-electron chi connectivity index (χ4n) is 1.53. The molecule has 0 aliphatic rings. The Balaban J connectivity index is 2.57. The summed E-state index contributed by atoms with van der Waals surface area (Å²) < 4.78 is 5.21. The van der Waals surface area contributed by atoms with Gasteiger partial charge in [0.1, 0.15) is 5.69 Å². The van der Waals surface area contributed by atoms with Crippen molar-refractivity contribution in [1.29, 1.82) is 0 Å². The van der Waals surface area contributed by atoms with Gasteiger partial charge in [0.2, 0.25) is 0 Å². The minimum atomic E-state index is 0.0630. The summed E-state index contributed by atoms with van der Waals surface area (Å²) in [4.78, 5) is 4.43. The predicted molar refractivity (Wildman–Crippen MR) is 60.8 cm³/mol. The molecule has 0 radical (unpaired) electrons. The van der Waals surface area contributed by atoms with Crippen LogP contribution in [0.15, 0.2) is 16.5 Å². The van der Waals surface area contributed by atoms with Crippen LogP contribution in [0.3, 0.4) is 0 Å². The molecule has 0 amide bonds. The Bertz CT molecular complexity index is 504. The quantitative estimate of drug-likeness (QED) is 0.835. The Labute approximate surface area is 93.7 Å². The molecule has 0 spiro atoms. The summed E-state index contributed by atoms with van der Waals surface area (Å²) in [6, 6.07) is 4.06. The first-order chi connectivity index (χ1) is 7.58. The molecule has 16 heavy (non-hydrogen) atoms. The first kappa shape index (κ1) is 10.6. The Morgan fingerprint density at radius 3 is 2.56 bits per heavy atom. The van der Waals surface area contributed by atoms with E-state index in [-0.39, 0.29) is 6.01 Å². The highest BCUT2D eigenvalue weighted by Crippen LogP contribution is 2.27. The first-order valence-electron chi connectivity index (χ1n) is 5.15. The standard InChI is InChI=1S/C11H14N4O/c1-6(2)8-5-4-7(3)13-9(8)10-14-15-11(12)16-10/h4-6H,1-3H3,(H2,12,15). The van der Waals surface area contributed by atoms with E-state index in [2.05, 4.69) is 29.0 Å². The normalized spacial score (nSPS) is 11.0. The summed E-state index contributed by atoms with van der Waals surface area (Å²) in [5, 5.41) is 7.51. The molecule has 0 aliphatic carbocycles. The average molecular weight is 218 g/mol. The zero-order chi connectivity index (χ0) is 11.7. The lowest BCUT2D eigenvalue weighted by Crippen LogP contribution is -1.97. The van der Waals surface area contributed by atoms with Crippen molar-refractivity contribution in [2.45, 2.75) is 26.7 Å². The first-order valence-corrected chi connectivity index (χ1v) is 5.15. The van der Waals surface area contributed by atoms with Gasteiger partial charge in [-0.2, -0.15) is 0 Å². The Hall–Kier alpha value is -1.91. The second-order valence-electron chi connectivity index (χ2n) is 3.99. The third kappa shape index (κ3) is 1.88. The van der Waals surface area contributed by atoms with Crippen molar-refractivity contribution < 1.29 is 4.42 Å². The van der Waals surface area contributed by atoms with Gasteiger partial charge in [0.15, 0.2) is 0 Å². The summed E-state index contributed by atoms with van der Waals surface area (Å²) in [7, 11) is 0. The van der Waals surface area contributed by atoms with Gasteiger partial charge >= 0.3 is 6.01 Å². The lowest BCUT2D eigenvalue weighted by atomic mass is 10.0. The number of anilines is 1. The van der Waals surface area contributed by atoms with Crippen molar-refractivity contribution in [1.82, 2.24) is 15.2 Å². The molecule has 2 N–H and O–H groups in total. The van der Waals surface area contributed by atoms with Crippen molar-refractivity contribution in [3.05, 3.63) is 23.4 Å². The average Bonchev–Trinajstić information content (AvgIpc) is 2.64. The molecule has 5 heteroatoms. The maximum absolute atomic E-state index is 5.41. The lowest BCUT2D eigenvalue weighted by Gasteiger charge is -2.09. The van der Waals surface area contributed by atoms with Gasteiger partial charge in [-0.05, 0) is 24.5 Å². The molecule has 0 atom stereocenters. The van der Waals surface area contributed by atoms with E-state index in [1.807, 2.05) is 19.1 Å². The van der Waals surface area contributed by atoms with Gasteiger partial charge in [0, 0.05) is 5.69 Å². The van der Waals surface area contributed by atoms with Gasteiger partial charge in [-0.15, -0.1) is 5.10 Å². The molecule has 0 aromatic carbocycles. The smallest absolute Gasteiger partial charge is 0.313 e. The summed E-state index contributed by atoms with van der Waals surface area (Å²) in [5.74, 6) is 0.723. The third-order valence-corrected chi connectivity index (χ3v) is 2.33. The molecule has 0 unspecified atom stereocenters. The van der Waals surface area contributed by atoms with Crippen molar-refractivity contribution in [3.63, 3.8) is 0 Å². The molecule has 2 aromatic rings. The number of aromatic nitrogens is 3. The topological polar surface area (TPSA) is 77.8 Å². The second kappa shape index (κ2) is 3.92. The van der Waals surface area contributed by atoms with Crippen molar-refractivity contribution >= 4 is 6.01 Å². The predicted octanol–water partition coefficient (Wildman–Crippen LogP) is 2.15. The van der Waals surface area contributed by atoms with Crippen molar-refractivity contribution in [2.75, 3.05) is 5.73 Å². The maximum Gasteiger partial charge on any atom is 0.313 e. The molecule has 0 bridgehead atoms. The molecule has 0 saturated heterocycles. The molecule has 84 valence electrons. The Kier molecular flexibility index (Phi) is 2.60. The van der Waals surface area contributed by atoms with E-state index in [4.69, 9.17) is 10.2 Å². The number of nitrogen functional groups attached to an aromatic ring is 1. The Morgan fingerprint density at radius 1 is 1.25 bits per heavy atom. The number of hydrogen-bond acceptors (Lipinski definition) is 5. The van der Waals surface area contributed by atoms with E-state index < -0.39 is 0 Å². The largest absolute Gasteiger partial charge is 0.402 e. The third-order valence-electron chi connectivity index (χ3n) is 2.33. The molecule has 2 rings (SSSR count). The van der Waals surface area contributed by atoms with E-state index in [1.165, 1.54) is 0 Å². The fraction of sp³-hybridized carbons (Fsp3) is 0.364. The highest BCUT2D eigenvalue weighted by Gasteiger charge is 2.15. The van der Waals surface area contributed by atoms with Crippen LogP contribution >= 0.6 is 0 Å². The van der Waals surface area contributed by atoms with Gasteiger partial charge in [0.05, 0.1) is 0 Å². The summed E-state index contributed by atoms with van der Waals surface area (Å²) in [6.45, 7) is 6.11. The number of rotatable bonds is 2. The van der Waals surface area contributed by atoms with Crippen LogP contribution in [-0.2, 0) is 0 Å². The van der Waals surface area contributed by atoms with Gasteiger partial charge in [-0.1, -0.05) is 25.0 Å². The van der Waals surface area contributed by atoms with Crippen LogP contribution in [0.4, 0.5) is 6.01 Å². The van der Waals surface area contributed by atoms with Crippen molar-refractivity contribution in [2.24, 2.45) is 0 Å². The van der Waals surface area contributed by atoms with Crippen LogP contribution in [0.25, 0.3) is 11.6 Å². The fourth-order valence-corrected chi connectivity index (χ4v) is 1.53. The molecule has 5 nitrogen and oxygen atoms in total. The molecule has 0 saturated carbocycles. The SMILES string of the molecule is Cc1ccc(C(C)C)c(-c2nnc(N)o2)n1. The van der Waals surface area contributed by atoms with E-state index in [0.29, 0.717) is 11.8 Å². The van der Waals surface area contributed by atoms with E-state index >= 15 is 0 Å². The zero-order valence-corrected chi connectivity index (χ0v) is 9.56. The van der Waals surface area contributed by atoms with Gasteiger partial charge < -0.3 is 10.2 Å². The zero-order valence-electron chi connectivity index (χ0n) is 9.56. The van der Waals surface area contributed by atoms with Crippen LogP contribution in [0.1, 0.15) is 31.0 Å². The number of aryl methyl sites for hydroxylation is 1. The molecular weight excluding hydrogens is 204 g/mol. The Morgan fingerprint density at radius 2 is 2.00 bits per heavy atom. The molecule has 0 fully saturated rings. The van der Waals surface area contributed by atoms with Crippen LogP contribution in [0, 0.1) is 6.92 Å². The maximum atomic E-state index is 5.41. The van der Waals surface area contributed by atoms with Crippen LogP contribution in [0.5, 0.6) is 0 Å². The minimum absolute atomic E-state index is 0.0630. The molecule has 2 aromatic heterocycles. The highest BCUT2D eigenvalue weighted by molar-refractivity contribution is 5.54. The number of hydrogen-bond donors (Lipinski definition) is 1. The minimum Gasteiger partial charge on any atom is -0.402 e. The second-order valence-corrected chi connectivity index (χ2v) is 3.99. The highest BCUT2D eigenvalue weighted by atomic mass is 16.4. The van der Waals surface area contributed by atoms with Crippen LogP contribution < -0.4 is 5.73 Å². The van der Waals surface area contributed by atoms with Crippen molar-refractivity contribution in [3.8, 4) is 11.6 Å². The van der Waals surface area contributed by atoms with Gasteiger partial charge in [0.25, 0.3) is 5.89 Å². The van der Waals surface area contributed by atoms with Gasteiger partial charge in [-0.3, -0.25) is 0 Å². The van der Waals surface area contributed by atoms with E-state index in [0.717, 1.165) is 17.0 Å². The number of nitrogens with zero attached hydrogens (tertiary/aromatic N) is 3. The molecule has 2 heterocycles. The van der Waals surface area contributed by atoms with E-state index in [9.17, 15) is 0 Å². The van der Waals surface area contributed by atoms with Crippen LogP contribution in [-0.4, -0.2) is 15.2 Å². The molecule has 0 aliphatic heterocycles. The number of pyridine rings is 1. The van der Waals surface area contributed by atoms with Crippen LogP contribution in [0.2, 0.25) is 0 Å². The monoisotopic (exact) mass is 218 g/mol.